The molecule has 0 unspecified atom stereocenters. The Kier molecular flexibility index (Phi) is 6.78. The Morgan fingerprint density at radius 3 is 2.17 bits per heavy atom. The maximum absolute atomic E-state index is 15.2. The molecule has 4 aromatic carbocycles. The molecule has 1 heterocycles. The highest BCUT2D eigenvalue weighted by Crippen LogP contribution is 2.31. The fraction of sp³-hybridized carbons (Fsp3) is 0.0714. The van der Waals surface area contributed by atoms with Gasteiger partial charge in [0.1, 0.15) is 16.4 Å². The number of hydrogen-bond acceptors (Lipinski definition) is 6. The fourth-order valence-electron chi connectivity index (χ4n) is 4.44. The van der Waals surface area contributed by atoms with E-state index in [9.17, 15) is 21.6 Å². The van der Waals surface area contributed by atoms with Gasteiger partial charge in [0.2, 0.25) is 10.0 Å². The van der Waals surface area contributed by atoms with Crippen molar-refractivity contribution in [1.82, 2.24) is 9.78 Å². The van der Waals surface area contributed by atoms with Gasteiger partial charge in [0, 0.05) is 11.8 Å². The lowest BCUT2D eigenvalue weighted by molar-refractivity contribution is 0.101. The number of anilines is 1. The first-order valence-corrected chi connectivity index (χ1v) is 15.3. The van der Waals surface area contributed by atoms with Crippen molar-refractivity contribution in [3.63, 3.8) is 0 Å². The second kappa shape index (κ2) is 9.97. The Morgan fingerprint density at radius 2 is 1.52 bits per heavy atom. The quantitative estimate of drug-likeness (QED) is 0.305. The van der Waals surface area contributed by atoms with Crippen LogP contribution in [0.2, 0.25) is 0 Å². The van der Waals surface area contributed by atoms with Crippen molar-refractivity contribution in [2.24, 2.45) is 5.14 Å². The fourth-order valence-corrected chi connectivity index (χ4v) is 6.08. The zero-order chi connectivity index (χ0) is 28.8. The van der Waals surface area contributed by atoms with Crippen LogP contribution < -0.4 is 10.5 Å². The number of sulfonamides is 1. The maximum atomic E-state index is 15.2. The zero-order valence-corrected chi connectivity index (χ0v) is 22.9. The van der Waals surface area contributed by atoms with Gasteiger partial charge in [0.15, 0.2) is 9.84 Å². The van der Waals surface area contributed by atoms with Crippen molar-refractivity contribution in [2.75, 3.05) is 11.6 Å². The predicted octanol–water partition coefficient (Wildman–Crippen LogP) is 4.44. The van der Waals surface area contributed by atoms with Crippen LogP contribution in [0.25, 0.3) is 27.6 Å². The molecule has 12 heteroatoms. The van der Waals surface area contributed by atoms with Crippen molar-refractivity contribution in [3.05, 3.63) is 102 Å². The lowest BCUT2D eigenvalue weighted by atomic mass is 10.0. The number of aryl methyl sites for hydroxylation is 1. The molecule has 0 aliphatic carbocycles. The molecule has 204 valence electrons. The van der Waals surface area contributed by atoms with Gasteiger partial charge >= 0.3 is 0 Å². The van der Waals surface area contributed by atoms with Crippen LogP contribution in [0.4, 0.5) is 10.1 Å². The summed E-state index contributed by atoms with van der Waals surface area (Å²) in [5, 5.41) is 13.6. The molecule has 0 fully saturated rings. The SMILES string of the molecule is Cc1cc(C(=O)Nc2ccc(-c3ccccc3S(C)(=O)=O)cc2F)n(-c2cc3ccccc3cc2S(N)(=O)=O)n1. The van der Waals surface area contributed by atoms with Gasteiger partial charge in [0.05, 0.1) is 22.0 Å². The van der Waals surface area contributed by atoms with Crippen LogP contribution >= 0.6 is 0 Å². The Balaban J connectivity index is 1.54. The molecule has 0 bridgehead atoms. The van der Waals surface area contributed by atoms with Gasteiger partial charge in [-0.2, -0.15) is 5.10 Å². The second-order valence-electron chi connectivity index (χ2n) is 9.21. The molecule has 0 radical (unpaired) electrons. The summed E-state index contributed by atoms with van der Waals surface area (Å²) in [5.41, 5.74) is 0.887. The Hall–Kier alpha value is -4.39. The smallest absolute Gasteiger partial charge is 0.274 e. The van der Waals surface area contributed by atoms with Crippen LogP contribution in [0.15, 0.2) is 94.7 Å². The molecular formula is C28H23FN4O5S2. The lowest BCUT2D eigenvalue weighted by Crippen LogP contribution is -2.21. The second-order valence-corrected chi connectivity index (χ2v) is 12.7. The van der Waals surface area contributed by atoms with Crippen molar-refractivity contribution in [3.8, 4) is 16.8 Å². The van der Waals surface area contributed by atoms with E-state index in [1.807, 2.05) is 0 Å². The molecule has 9 nitrogen and oxygen atoms in total. The van der Waals surface area contributed by atoms with E-state index >= 15 is 4.39 Å². The zero-order valence-electron chi connectivity index (χ0n) is 21.3. The number of amides is 1. The molecule has 1 amide bonds. The average molecular weight is 579 g/mol. The summed E-state index contributed by atoms with van der Waals surface area (Å²) in [7, 11) is -7.78. The summed E-state index contributed by atoms with van der Waals surface area (Å²) in [6.45, 7) is 1.62. The van der Waals surface area contributed by atoms with E-state index < -0.39 is 31.6 Å². The van der Waals surface area contributed by atoms with E-state index in [4.69, 9.17) is 5.14 Å². The third kappa shape index (κ3) is 5.24. The van der Waals surface area contributed by atoms with Gasteiger partial charge in [-0.25, -0.2) is 31.0 Å². The average Bonchev–Trinajstić information content (AvgIpc) is 3.29. The Bertz CT molecular complexity index is 2040. The molecule has 0 aliphatic rings. The number of nitrogens with two attached hydrogens (primary N) is 1. The van der Waals surface area contributed by atoms with Gasteiger partial charge < -0.3 is 5.32 Å². The van der Waals surface area contributed by atoms with Crippen LogP contribution in [0.1, 0.15) is 16.2 Å². The minimum atomic E-state index is -4.21. The van der Waals surface area contributed by atoms with E-state index in [0.717, 1.165) is 17.0 Å². The van der Waals surface area contributed by atoms with Crippen molar-refractivity contribution in [1.29, 1.82) is 0 Å². The summed E-state index contributed by atoms with van der Waals surface area (Å²) >= 11 is 0. The first-order valence-electron chi connectivity index (χ1n) is 11.9. The maximum Gasteiger partial charge on any atom is 0.274 e. The standard InChI is InChI=1S/C28H23FN4O5S2/c1-17-13-25(33(32-17)24-15-18-7-3-4-8-19(18)16-27(24)40(30,37)38)28(34)31-23-12-11-20(14-22(23)29)21-9-5-6-10-26(21)39(2,35)36/h3-16H,1-2H3,(H,31,34)(H2,30,37,38). The molecule has 5 rings (SSSR count). The van der Waals surface area contributed by atoms with E-state index in [-0.39, 0.29) is 26.9 Å². The van der Waals surface area contributed by atoms with Gasteiger partial charge in [-0.3, -0.25) is 4.79 Å². The van der Waals surface area contributed by atoms with Crippen LogP contribution in [0.5, 0.6) is 0 Å². The number of benzene rings is 4. The van der Waals surface area contributed by atoms with Crippen molar-refractivity contribution >= 4 is 42.2 Å². The topological polar surface area (TPSA) is 141 Å². The summed E-state index contributed by atoms with van der Waals surface area (Å²) in [5.74, 6) is -1.55. The van der Waals surface area contributed by atoms with E-state index in [0.29, 0.717) is 27.6 Å². The number of aromatic nitrogens is 2. The van der Waals surface area contributed by atoms with Gasteiger partial charge in [-0.15, -0.1) is 0 Å². The van der Waals surface area contributed by atoms with Gasteiger partial charge in [-0.05, 0) is 59.7 Å². The highest BCUT2D eigenvalue weighted by Gasteiger charge is 2.23. The molecule has 1 aromatic heterocycles. The first-order chi connectivity index (χ1) is 18.8. The number of halogens is 1. The predicted molar refractivity (Wildman–Crippen MR) is 150 cm³/mol. The minimum absolute atomic E-state index is 0.0478. The molecule has 0 atom stereocenters. The number of fused-ring (bicyclic) bond motifs is 1. The molecule has 0 spiro atoms. The summed E-state index contributed by atoms with van der Waals surface area (Å²) in [4.78, 5) is 13.2. The molecule has 40 heavy (non-hydrogen) atoms. The summed E-state index contributed by atoms with van der Waals surface area (Å²) < 4.78 is 65.7. The Labute approximate surface area is 230 Å². The largest absolute Gasteiger partial charge is 0.318 e. The molecular weight excluding hydrogens is 555 g/mol. The van der Waals surface area contributed by atoms with Gasteiger partial charge in [0.25, 0.3) is 5.91 Å². The number of primary sulfonamides is 1. The molecule has 0 aliphatic heterocycles. The third-order valence-electron chi connectivity index (χ3n) is 6.24. The third-order valence-corrected chi connectivity index (χ3v) is 8.34. The summed E-state index contributed by atoms with van der Waals surface area (Å²) in [6, 6.07) is 21.6. The van der Waals surface area contributed by atoms with Crippen molar-refractivity contribution < 1.29 is 26.0 Å². The highest BCUT2D eigenvalue weighted by molar-refractivity contribution is 7.90. The first kappa shape index (κ1) is 27.2. The number of hydrogen-bond donors (Lipinski definition) is 2. The molecule has 0 saturated carbocycles. The summed E-state index contributed by atoms with van der Waals surface area (Å²) in [6.07, 6.45) is 1.07. The highest BCUT2D eigenvalue weighted by atomic mass is 32.2. The lowest BCUT2D eigenvalue weighted by Gasteiger charge is -2.14. The number of nitrogens with zero attached hydrogens (tertiary/aromatic N) is 2. The van der Waals surface area contributed by atoms with Crippen molar-refractivity contribution in [2.45, 2.75) is 16.7 Å². The van der Waals surface area contributed by atoms with Crippen LogP contribution in [0.3, 0.4) is 0 Å². The Morgan fingerprint density at radius 1 is 0.875 bits per heavy atom. The number of rotatable bonds is 6. The van der Waals surface area contributed by atoms with Crippen LogP contribution in [-0.4, -0.2) is 38.8 Å². The number of carbonyl (C=O) groups is 1. The number of carbonyl (C=O) groups excluding carboxylic acids is 1. The molecule has 5 aromatic rings. The molecule has 3 N–H and O–H groups in total. The monoisotopic (exact) mass is 578 g/mol. The number of sulfone groups is 1. The van der Waals surface area contributed by atoms with E-state index in [1.54, 1.807) is 55.5 Å². The molecule has 0 saturated heterocycles. The minimum Gasteiger partial charge on any atom is -0.318 e. The van der Waals surface area contributed by atoms with E-state index in [2.05, 4.69) is 10.4 Å². The van der Waals surface area contributed by atoms with Crippen LogP contribution in [-0.2, 0) is 19.9 Å². The van der Waals surface area contributed by atoms with Gasteiger partial charge in [-0.1, -0.05) is 48.5 Å². The number of nitrogens with one attached hydrogen (secondary N) is 1. The van der Waals surface area contributed by atoms with E-state index in [1.165, 1.54) is 30.3 Å². The van der Waals surface area contributed by atoms with Crippen LogP contribution in [0, 0.1) is 12.7 Å². The normalized spacial score (nSPS) is 12.0.